The van der Waals surface area contributed by atoms with Gasteiger partial charge in [-0.3, -0.25) is 4.79 Å². The van der Waals surface area contributed by atoms with E-state index in [0.29, 0.717) is 6.61 Å². The van der Waals surface area contributed by atoms with Crippen LogP contribution in [0.5, 0.6) is 0 Å². The number of ether oxygens (including phenoxy) is 1. The second-order valence-corrected chi connectivity index (χ2v) is 7.17. The van der Waals surface area contributed by atoms with Gasteiger partial charge in [-0.05, 0) is 31.4 Å². The fourth-order valence-electron chi connectivity index (χ4n) is 2.22. The van der Waals surface area contributed by atoms with E-state index in [4.69, 9.17) is 4.74 Å². The van der Waals surface area contributed by atoms with Crippen LogP contribution in [0.25, 0.3) is 0 Å². The number of benzene rings is 1. The molecule has 0 aliphatic rings. The van der Waals surface area contributed by atoms with Crippen molar-refractivity contribution in [3.63, 3.8) is 0 Å². The smallest absolute Gasteiger partial charge is 0.252 e. The van der Waals surface area contributed by atoms with Crippen molar-refractivity contribution in [2.24, 2.45) is 5.92 Å². The third-order valence-corrected chi connectivity index (χ3v) is 4.51. The van der Waals surface area contributed by atoms with Gasteiger partial charge in [-0.25, -0.2) is 0 Å². The lowest BCUT2D eigenvalue weighted by Crippen LogP contribution is -2.32. The Morgan fingerprint density at radius 1 is 1.23 bits per heavy atom. The first-order chi connectivity index (χ1) is 10.5. The summed E-state index contributed by atoms with van der Waals surface area (Å²) in [5, 5.41) is 3.12. The molecule has 3 nitrogen and oxygen atoms in total. The highest BCUT2D eigenvalue weighted by Gasteiger charge is 2.13. The van der Waals surface area contributed by atoms with Crippen LogP contribution < -0.4 is 5.32 Å². The molecule has 1 N–H and O–H groups in total. The number of thioether (sulfide) groups is 1. The molecule has 0 aliphatic carbocycles. The number of hydrogen-bond donors (Lipinski definition) is 1. The van der Waals surface area contributed by atoms with Crippen LogP contribution >= 0.6 is 11.8 Å². The van der Waals surface area contributed by atoms with Gasteiger partial charge in [-0.15, -0.1) is 11.8 Å². The maximum Gasteiger partial charge on any atom is 0.252 e. The molecule has 1 aromatic carbocycles. The van der Waals surface area contributed by atoms with Gasteiger partial charge >= 0.3 is 0 Å². The first-order valence-electron chi connectivity index (χ1n) is 8.06. The van der Waals surface area contributed by atoms with Crippen molar-refractivity contribution in [2.75, 3.05) is 19.5 Å². The lowest BCUT2D eigenvalue weighted by molar-refractivity contribution is 0.0935. The van der Waals surface area contributed by atoms with Crippen LogP contribution in [0.2, 0.25) is 0 Å². The van der Waals surface area contributed by atoms with Crippen LogP contribution in [0.3, 0.4) is 0 Å². The maximum absolute atomic E-state index is 12.4. The first-order valence-corrected chi connectivity index (χ1v) is 9.04. The van der Waals surface area contributed by atoms with E-state index in [9.17, 15) is 4.79 Å². The van der Waals surface area contributed by atoms with E-state index < -0.39 is 0 Å². The van der Waals surface area contributed by atoms with E-state index >= 15 is 0 Å². The highest BCUT2D eigenvalue weighted by Crippen LogP contribution is 2.22. The molecule has 22 heavy (non-hydrogen) atoms. The van der Waals surface area contributed by atoms with E-state index in [-0.39, 0.29) is 11.9 Å². The average Bonchev–Trinajstić information content (AvgIpc) is 2.47. The van der Waals surface area contributed by atoms with Gasteiger partial charge in [0.25, 0.3) is 5.91 Å². The SMILES string of the molecule is COCCSc1ccccc1C(=O)N[C@H](C)CCCC(C)C. The number of methoxy groups -OCH3 is 1. The second-order valence-electron chi connectivity index (χ2n) is 6.04. The normalized spacial score (nSPS) is 12.4. The van der Waals surface area contributed by atoms with Crippen molar-refractivity contribution < 1.29 is 9.53 Å². The Kier molecular flexibility index (Phi) is 9.25. The predicted molar refractivity (Wildman–Crippen MR) is 94.7 cm³/mol. The maximum atomic E-state index is 12.4. The Morgan fingerprint density at radius 2 is 1.95 bits per heavy atom. The zero-order chi connectivity index (χ0) is 16.4. The van der Waals surface area contributed by atoms with E-state index in [0.717, 1.165) is 35.0 Å². The van der Waals surface area contributed by atoms with Crippen molar-refractivity contribution in [2.45, 2.75) is 51.0 Å². The van der Waals surface area contributed by atoms with Crippen LogP contribution in [0.1, 0.15) is 50.4 Å². The fraction of sp³-hybridized carbons (Fsp3) is 0.611. The summed E-state index contributed by atoms with van der Waals surface area (Å²) in [6.45, 7) is 7.23. The van der Waals surface area contributed by atoms with E-state index in [2.05, 4.69) is 26.1 Å². The van der Waals surface area contributed by atoms with E-state index in [1.54, 1.807) is 18.9 Å². The number of carbonyl (C=O) groups excluding carboxylic acids is 1. The molecule has 1 rings (SSSR count). The van der Waals surface area contributed by atoms with Crippen LogP contribution in [0.15, 0.2) is 29.2 Å². The van der Waals surface area contributed by atoms with Gasteiger partial charge in [0.1, 0.15) is 0 Å². The van der Waals surface area contributed by atoms with Crippen LogP contribution in [-0.4, -0.2) is 31.4 Å². The van der Waals surface area contributed by atoms with Crippen LogP contribution in [0.4, 0.5) is 0 Å². The molecule has 124 valence electrons. The molecule has 1 aromatic rings. The van der Waals surface area contributed by atoms with Gasteiger partial charge in [-0.1, -0.05) is 38.8 Å². The van der Waals surface area contributed by atoms with Crippen LogP contribution in [-0.2, 0) is 4.74 Å². The number of rotatable bonds is 10. The van der Waals surface area contributed by atoms with Crippen LogP contribution in [0, 0.1) is 5.92 Å². The van der Waals surface area contributed by atoms with Crippen molar-refractivity contribution in [1.29, 1.82) is 0 Å². The summed E-state index contributed by atoms with van der Waals surface area (Å²) in [6, 6.07) is 7.99. The molecule has 0 bridgehead atoms. The van der Waals surface area contributed by atoms with Gasteiger partial charge in [0.05, 0.1) is 12.2 Å². The monoisotopic (exact) mass is 323 g/mol. The Morgan fingerprint density at radius 3 is 2.64 bits per heavy atom. The van der Waals surface area contributed by atoms with E-state index in [1.807, 2.05) is 24.3 Å². The highest BCUT2D eigenvalue weighted by molar-refractivity contribution is 7.99. The summed E-state index contributed by atoms with van der Waals surface area (Å²) in [6.07, 6.45) is 3.40. The molecule has 4 heteroatoms. The second kappa shape index (κ2) is 10.7. The molecule has 0 fully saturated rings. The molecule has 0 saturated carbocycles. The molecule has 0 aliphatic heterocycles. The molecule has 0 saturated heterocycles. The van der Waals surface area contributed by atoms with Gasteiger partial charge in [0, 0.05) is 23.8 Å². The molecule has 0 radical (unpaired) electrons. The van der Waals surface area contributed by atoms with Gasteiger partial charge < -0.3 is 10.1 Å². The molecule has 0 aromatic heterocycles. The number of amides is 1. The zero-order valence-electron chi connectivity index (χ0n) is 14.2. The topological polar surface area (TPSA) is 38.3 Å². The van der Waals surface area contributed by atoms with Crippen molar-refractivity contribution in [3.05, 3.63) is 29.8 Å². The Hall–Kier alpha value is -1.00. The minimum absolute atomic E-state index is 0.0255. The summed E-state index contributed by atoms with van der Waals surface area (Å²) in [5.41, 5.74) is 0.763. The summed E-state index contributed by atoms with van der Waals surface area (Å²) in [5.74, 6) is 1.60. The lowest BCUT2D eigenvalue weighted by atomic mass is 10.0. The summed E-state index contributed by atoms with van der Waals surface area (Å²) in [7, 11) is 1.69. The van der Waals surface area contributed by atoms with Gasteiger partial charge in [0.15, 0.2) is 0 Å². The summed E-state index contributed by atoms with van der Waals surface area (Å²) >= 11 is 1.66. The van der Waals surface area contributed by atoms with Crippen molar-refractivity contribution >= 4 is 17.7 Å². The van der Waals surface area contributed by atoms with Crippen molar-refractivity contribution in [3.8, 4) is 0 Å². The van der Waals surface area contributed by atoms with Crippen molar-refractivity contribution in [1.82, 2.24) is 5.32 Å². The number of nitrogens with one attached hydrogen (secondary N) is 1. The third kappa shape index (κ3) is 7.32. The summed E-state index contributed by atoms with van der Waals surface area (Å²) in [4.78, 5) is 13.5. The molecule has 0 heterocycles. The van der Waals surface area contributed by atoms with Gasteiger partial charge in [0.2, 0.25) is 0 Å². The Bertz CT molecular complexity index is 448. The average molecular weight is 324 g/mol. The van der Waals surface area contributed by atoms with E-state index in [1.165, 1.54) is 6.42 Å². The zero-order valence-corrected chi connectivity index (χ0v) is 15.0. The number of hydrogen-bond acceptors (Lipinski definition) is 3. The molecular weight excluding hydrogens is 294 g/mol. The lowest BCUT2D eigenvalue weighted by Gasteiger charge is -2.16. The predicted octanol–water partition coefficient (Wildman–Crippen LogP) is 4.37. The summed E-state index contributed by atoms with van der Waals surface area (Å²) < 4.78 is 5.07. The molecular formula is C18H29NO2S. The number of carbonyl (C=O) groups is 1. The minimum Gasteiger partial charge on any atom is -0.384 e. The Labute approximate surface area is 139 Å². The fourth-order valence-corrected chi connectivity index (χ4v) is 3.18. The molecule has 1 atom stereocenters. The Balaban J connectivity index is 2.53. The highest BCUT2D eigenvalue weighted by atomic mass is 32.2. The largest absolute Gasteiger partial charge is 0.384 e. The minimum atomic E-state index is 0.0255. The quantitative estimate of drug-likeness (QED) is 0.513. The molecule has 0 unspecified atom stereocenters. The van der Waals surface area contributed by atoms with Gasteiger partial charge in [-0.2, -0.15) is 0 Å². The molecule has 0 spiro atoms. The standard InChI is InChI=1S/C18H29NO2S/c1-14(2)8-7-9-15(3)19-18(20)16-10-5-6-11-17(16)22-13-12-21-4/h5-6,10-11,14-15H,7-9,12-13H2,1-4H3,(H,19,20)/t15-/m1/s1. The first kappa shape index (κ1) is 19.0. The third-order valence-electron chi connectivity index (χ3n) is 3.47. The molecule has 1 amide bonds.